The van der Waals surface area contributed by atoms with Gasteiger partial charge < -0.3 is 10.4 Å². The van der Waals surface area contributed by atoms with Crippen molar-refractivity contribution in [2.75, 3.05) is 12.3 Å². The number of carbonyl (C=O) groups is 2. The molecule has 0 radical (unpaired) electrons. The van der Waals surface area contributed by atoms with E-state index in [1.54, 1.807) is 6.92 Å². The number of rotatable bonds is 5. The standard InChI is InChI=1S/C8H15NO3S/c1-6(10)5-8(12)13-4-3-9-7(2)11/h6,10H,3-5H2,1-2H3,(H,9,11). The highest BCUT2D eigenvalue weighted by Gasteiger charge is 2.06. The average molecular weight is 205 g/mol. The van der Waals surface area contributed by atoms with Crippen LogP contribution in [0.15, 0.2) is 0 Å². The molecule has 1 amide bonds. The van der Waals surface area contributed by atoms with Crippen LogP contribution in [0.2, 0.25) is 0 Å². The van der Waals surface area contributed by atoms with Gasteiger partial charge in [-0.3, -0.25) is 9.59 Å². The Kier molecular flexibility index (Phi) is 6.62. The molecule has 1 unspecified atom stereocenters. The molecule has 0 aromatic rings. The van der Waals surface area contributed by atoms with Crippen molar-refractivity contribution in [3.8, 4) is 0 Å². The molecule has 0 aromatic heterocycles. The fraction of sp³-hybridized carbons (Fsp3) is 0.750. The summed E-state index contributed by atoms with van der Waals surface area (Å²) in [7, 11) is 0. The van der Waals surface area contributed by atoms with Crippen LogP contribution in [0.1, 0.15) is 20.3 Å². The van der Waals surface area contributed by atoms with Gasteiger partial charge in [-0.25, -0.2) is 0 Å². The number of hydrogen-bond acceptors (Lipinski definition) is 4. The largest absolute Gasteiger partial charge is 0.393 e. The van der Waals surface area contributed by atoms with Crippen molar-refractivity contribution in [1.82, 2.24) is 5.32 Å². The third kappa shape index (κ3) is 9.36. The molecule has 4 nitrogen and oxygen atoms in total. The maximum absolute atomic E-state index is 11.0. The molecule has 5 heteroatoms. The number of nitrogens with one attached hydrogen (secondary N) is 1. The van der Waals surface area contributed by atoms with Gasteiger partial charge in [-0.15, -0.1) is 0 Å². The molecular weight excluding hydrogens is 190 g/mol. The molecule has 0 aliphatic heterocycles. The SMILES string of the molecule is CC(=O)NCCSC(=O)CC(C)O. The molecular formula is C8H15NO3S. The molecule has 0 rings (SSSR count). The van der Waals surface area contributed by atoms with Gasteiger partial charge in [-0.1, -0.05) is 11.8 Å². The van der Waals surface area contributed by atoms with E-state index in [1.165, 1.54) is 6.92 Å². The highest BCUT2D eigenvalue weighted by molar-refractivity contribution is 8.13. The Balaban J connectivity index is 3.32. The van der Waals surface area contributed by atoms with E-state index in [9.17, 15) is 9.59 Å². The van der Waals surface area contributed by atoms with Gasteiger partial charge in [0.15, 0.2) is 5.12 Å². The first-order chi connectivity index (χ1) is 6.02. The van der Waals surface area contributed by atoms with E-state index in [4.69, 9.17) is 5.11 Å². The summed E-state index contributed by atoms with van der Waals surface area (Å²) in [6.45, 7) is 3.50. The van der Waals surface area contributed by atoms with Crippen LogP contribution in [-0.4, -0.2) is 34.5 Å². The normalized spacial score (nSPS) is 12.2. The molecule has 0 aliphatic carbocycles. The Morgan fingerprint density at radius 3 is 2.62 bits per heavy atom. The van der Waals surface area contributed by atoms with E-state index < -0.39 is 6.10 Å². The first-order valence-corrected chi connectivity index (χ1v) is 5.09. The van der Waals surface area contributed by atoms with Crippen LogP contribution in [0.4, 0.5) is 0 Å². The fourth-order valence-corrected chi connectivity index (χ4v) is 1.48. The minimum Gasteiger partial charge on any atom is -0.393 e. The third-order valence-electron chi connectivity index (χ3n) is 1.20. The van der Waals surface area contributed by atoms with Crippen LogP contribution in [0.3, 0.4) is 0 Å². The van der Waals surface area contributed by atoms with Gasteiger partial charge in [0.25, 0.3) is 0 Å². The highest BCUT2D eigenvalue weighted by atomic mass is 32.2. The Labute approximate surface area is 82.1 Å². The summed E-state index contributed by atoms with van der Waals surface area (Å²) >= 11 is 1.13. The number of thioether (sulfide) groups is 1. The molecule has 0 saturated carbocycles. The van der Waals surface area contributed by atoms with Crippen molar-refractivity contribution in [2.24, 2.45) is 0 Å². The number of aliphatic hydroxyl groups is 1. The maximum Gasteiger partial charge on any atom is 0.216 e. The van der Waals surface area contributed by atoms with Crippen LogP contribution in [-0.2, 0) is 9.59 Å². The van der Waals surface area contributed by atoms with Crippen LogP contribution < -0.4 is 5.32 Å². The summed E-state index contributed by atoms with van der Waals surface area (Å²) in [6, 6.07) is 0. The molecule has 0 spiro atoms. The maximum atomic E-state index is 11.0. The summed E-state index contributed by atoms with van der Waals surface area (Å²) < 4.78 is 0. The van der Waals surface area contributed by atoms with Crippen LogP contribution in [0.5, 0.6) is 0 Å². The monoisotopic (exact) mass is 205 g/mol. The molecule has 0 saturated heterocycles. The van der Waals surface area contributed by atoms with Gasteiger partial charge in [0.2, 0.25) is 5.91 Å². The van der Waals surface area contributed by atoms with Crippen LogP contribution >= 0.6 is 11.8 Å². The van der Waals surface area contributed by atoms with E-state index in [-0.39, 0.29) is 17.4 Å². The lowest BCUT2D eigenvalue weighted by atomic mass is 10.3. The molecule has 76 valence electrons. The molecule has 2 N–H and O–H groups in total. The summed E-state index contributed by atoms with van der Waals surface area (Å²) in [5.41, 5.74) is 0. The molecule has 1 atom stereocenters. The van der Waals surface area contributed by atoms with Crippen molar-refractivity contribution in [3.63, 3.8) is 0 Å². The molecule has 0 heterocycles. The van der Waals surface area contributed by atoms with Gasteiger partial charge >= 0.3 is 0 Å². The lowest BCUT2D eigenvalue weighted by Crippen LogP contribution is -2.23. The lowest BCUT2D eigenvalue weighted by molar-refractivity contribution is -0.119. The zero-order valence-electron chi connectivity index (χ0n) is 7.87. The highest BCUT2D eigenvalue weighted by Crippen LogP contribution is 2.06. The second-order valence-electron chi connectivity index (χ2n) is 2.76. The average Bonchev–Trinajstić information content (AvgIpc) is 1.96. The predicted octanol–water partition coefficient (Wildman–Crippen LogP) is 0.153. The Hall–Kier alpha value is -0.550. The van der Waals surface area contributed by atoms with Gasteiger partial charge in [0.1, 0.15) is 0 Å². The molecule has 13 heavy (non-hydrogen) atoms. The zero-order chi connectivity index (χ0) is 10.3. The van der Waals surface area contributed by atoms with Gasteiger partial charge in [-0.2, -0.15) is 0 Å². The smallest absolute Gasteiger partial charge is 0.216 e. The van der Waals surface area contributed by atoms with Crippen molar-refractivity contribution in [1.29, 1.82) is 0 Å². The van der Waals surface area contributed by atoms with Gasteiger partial charge in [0.05, 0.1) is 6.10 Å². The molecule has 0 bridgehead atoms. The van der Waals surface area contributed by atoms with E-state index in [0.717, 1.165) is 11.8 Å². The number of aliphatic hydroxyl groups excluding tert-OH is 1. The first kappa shape index (κ1) is 12.4. The van der Waals surface area contributed by atoms with Crippen LogP contribution in [0.25, 0.3) is 0 Å². The molecule has 0 fully saturated rings. The Bertz CT molecular complexity index is 182. The van der Waals surface area contributed by atoms with E-state index in [2.05, 4.69) is 5.32 Å². The predicted molar refractivity (Wildman–Crippen MR) is 52.4 cm³/mol. The van der Waals surface area contributed by atoms with E-state index >= 15 is 0 Å². The number of carbonyl (C=O) groups excluding carboxylic acids is 2. The van der Waals surface area contributed by atoms with Gasteiger partial charge in [0, 0.05) is 25.6 Å². The summed E-state index contributed by atoms with van der Waals surface area (Å²) in [5.74, 6) is 0.467. The first-order valence-electron chi connectivity index (χ1n) is 4.10. The van der Waals surface area contributed by atoms with Crippen molar-refractivity contribution in [3.05, 3.63) is 0 Å². The molecule has 0 aromatic carbocycles. The quantitative estimate of drug-likeness (QED) is 0.627. The fourth-order valence-electron chi connectivity index (χ4n) is 0.692. The summed E-state index contributed by atoms with van der Waals surface area (Å²) in [6.07, 6.45) is -0.411. The van der Waals surface area contributed by atoms with Crippen molar-refractivity contribution in [2.45, 2.75) is 26.4 Å². The van der Waals surface area contributed by atoms with E-state index in [1.807, 2.05) is 0 Å². The number of hydrogen-bond donors (Lipinski definition) is 2. The Morgan fingerprint density at radius 1 is 1.54 bits per heavy atom. The topological polar surface area (TPSA) is 66.4 Å². The third-order valence-corrected chi connectivity index (χ3v) is 2.10. The number of amides is 1. The summed E-state index contributed by atoms with van der Waals surface area (Å²) in [4.78, 5) is 21.4. The van der Waals surface area contributed by atoms with Crippen LogP contribution in [0, 0.1) is 0 Å². The second-order valence-corrected chi connectivity index (χ2v) is 3.91. The second kappa shape index (κ2) is 6.91. The molecule has 0 aliphatic rings. The lowest BCUT2D eigenvalue weighted by Gasteiger charge is -2.03. The van der Waals surface area contributed by atoms with Gasteiger partial charge in [-0.05, 0) is 6.92 Å². The zero-order valence-corrected chi connectivity index (χ0v) is 8.69. The minimum atomic E-state index is -0.583. The summed E-state index contributed by atoms with van der Waals surface area (Å²) in [5, 5.41) is 11.4. The Morgan fingerprint density at radius 2 is 2.15 bits per heavy atom. The van der Waals surface area contributed by atoms with Crippen molar-refractivity contribution >= 4 is 22.8 Å². The van der Waals surface area contributed by atoms with Crippen molar-refractivity contribution < 1.29 is 14.7 Å². The van der Waals surface area contributed by atoms with E-state index in [0.29, 0.717) is 12.3 Å². The minimum absolute atomic E-state index is 0.0413.